The Balaban J connectivity index is 0.000000140. The van der Waals surface area contributed by atoms with Gasteiger partial charge in [-0.15, -0.1) is 0 Å². The monoisotopic (exact) mass is 1480 g/mol. The summed E-state index contributed by atoms with van der Waals surface area (Å²) >= 11 is 1.86. The molecule has 1 N–H and O–H groups in total. The highest BCUT2D eigenvalue weighted by molar-refractivity contribution is 7.99. The summed E-state index contributed by atoms with van der Waals surface area (Å²) in [6.45, 7) is 43.1. The molecule has 0 bridgehead atoms. The molecule has 11 heterocycles. The highest BCUT2D eigenvalue weighted by atomic mass is 32.2. The van der Waals surface area contributed by atoms with Crippen LogP contribution >= 0.6 is 11.8 Å². The van der Waals surface area contributed by atoms with Gasteiger partial charge in [-0.2, -0.15) is 11.8 Å². The van der Waals surface area contributed by atoms with Gasteiger partial charge < -0.3 is 71.3 Å². The maximum atomic E-state index is 11.8. The van der Waals surface area contributed by atoms with Crippen LogP contribution in [-0.2, 0) is 99.6 Å². The summed E-state index contributed by atoms with van der Waals surface area (Å²) in [5.41, 5.74) is 1.01. The van der Waals surface area contributed by atoms with E-state index >= 15 is 0 Å². The first-order chi connectivity index (χ1) is 48.4. The molecule has 9 unspecified atom stereocenters. The number of esters is 8. The third kappa shape index (κ3) is 18.6. The van der Waals surface area contributed by atoms with Crippen molar-refractivity contribution in [3.8, 4) is 0 Å². The van der Waals surface area contributed by atoms with Crippen molar-refractivity contribution in [2.45, 2.75) is 276 Å². The zero-order valence-corrected chi connectivity index (χ0v) is 64.2. The molecule has 8 spiro atoms. The smallest absolute Gasteiger partial charge is 0.334 e. The average Bonchev–Trinajstić information content (AvgIpc) is 1.67. The number of ether oxygens (including phenoxy) is 12. The van der Waals surface area contributed by atoms with Gasteiger partial charge in [-0.1, -0.05) is 86.1 Å². The predicted octanol–water partition coefficient (Wildman–Crippen LogP) is 11.5. The molecular formula is C78H113NO22SSi. The minimum atomic E-state index is -1.85. The highest BCUT2D eigenvalue weighted by Gasteiger charge is 2.58. The van der Waals surface area contributed by atoms with Crippen LogP contribution in [0.2, 0.25) is 18.1 Å². The first kappa shape index (κ1) is 81.3. The van der Waals surface area contributed by atoms with Crippen molar-refractivity contribution in [1.29, 1.82) is 0 Å². The fraction of sp³-hybridized carbons (Fsp3) is 0.718. The maximum Gasteiger partial charge on any atom is 0.334 e. The van der Waals surface area contributed by atoms with Crippen LogP contribution in [0.4, 0.5) is 0 Å². The van der Waals surface area contributed by atoms with Gasteiger partial charge in [-0.05, 0) is 115 Å². The van der Waals surface area contributed by atoms with Crippen LogP contribution in [0.25, 0.3) is 0 Å². The average molecular weight is 1480 g/mol. The van der Waals surface area contributed by atoms with E-state index < -0.39 is 43.1 Å². The van der Waals surface area contributed by atoms with E-state index in [1.165, 1.54) is 0 Å². The number of methoxy groups -OCH3 is 1. The van der Waals surface area contributed by atoms with E-state index in [0.29, 0.717) is 90.9 Å². The van der Waals surface area contributed by atoms with Crippen LogP contribution in [0, 0.1) is 5.92 Å². The molecule has 572 valence electrons. The minimum Gasteiger partial charge on any atom is -0.466 e. The Morgan fingerprint density at radius 1 is 0.534 bits per heavy atom. The van der Waals surface area contributed by atoms with Crippen molar-refractivity contribution in [3.05, 3.63) is 85.1 Å². The van der Waals surface area contributed by atoms with Crippen molar-refractivity contribution >= 4 is 67.8 Å². The summed E-state index contributed by atoms with van der Waals surface area (Å²) < 4.78 is 71.2. The van der Waals surface area contributed by atoms with Gasteiger partial charge >= 0.3 is 47.8 Å². The van der Waals surface area contributed by atoms with Crippen LogP contribution in [-0.4, -0.2) is 201 Å². The third-order valence-electron chi connectivity index (χ3n) is 23.6. The minimum absolute atomic E-state index is 0.0420. The molecule has 0 aromatic rings. The number of aliphatic hydroxyl groups is 1. The van der Waals surface area contributed by atoms with Gasteiger partial charge in [0.1, 0.15) is 39.5 Å². The van der Waals surface area contributed by atoms with Crippen LogP contribution in [0.1, 0.15) is 195 Å². The fourth-order valence-electron chi connectivity index (χ4n) is 16.4. The van der Waals surface area contributed by atoms with Crippen LogP contribution in [0.3, 0.4) is 0 Å². The number of carbonyl (C=O) groups is 8. The molecule has 0 amide bonds. The maximum absolute atomic E-state index is 11.8. The summed E-state index contributed by atoms with van der Waals surface area (Å²) in [5, 5.41) is 9.95. The largest absolute Gasteiger partial charge is 0.466 e. The lowest BCUT2D eigenvalue weighted by molar-refractivity contribution is -0.205. The van der Waals surface area contributed by atoms with Crippen molar-refractivity contribution in [1.82, 2.24) is 4.90 Å². The standard InChI is InChI=1S/C16H28O3Si.C12H16O4.C11H14O5.C11H16O3.C10H15NO2.C10H14O3.C8H10O2S/c1-12-11-16(18-14(12)17)10-8-7-9-13(16)19-20(5,6)15(2,3)4;1-9-8-11(16-10(9)13)2-4-12(5-3-11)14-6-7-15-12;1-3-15-10(13)8-5-14-6-11(8)4-7(2)9(12)16-11;1-8-7-11(14-10(8)12)6-4-3-5-9(11)13-2;1-8-7-10(13-9(8)12)3-5-11(2)6-4-10;1-7-6-10(13-9(7)12)5-3-2-4-8(10)11;1-6-4-8(10-7(6)9)2-3-11-5-8/h13H,1,7-11H2,2-6H3;1-8H2;8H,2-6H2,1H3;9H,1,3-7H2,2H3;1,3-7H2,2H3;8,11H,1-6H2;1-5H2. The van der Waals surface area contributed by atoms with E-state index in [2.05, 4.69) is 91.9 Å². The second kappa shape index (κ2) is 32.8. The summed E-state index contributed by atoms with van der Waals surface area (Å²) in [4.78, 5) is 93.1. The Hall–Kier alpha value is -5.77. The Bertz CT molecular complexity index is 3180. The number of hydrogen-bond donors (Lipinski definition) is 1. The van der Waals surface area contributed by atoms with Crippen molar-refractivity contribution in [3.63, 3.8) is 0 Å². The number of aliphatic hydroxyl groups excluding tert-OH is 1. The summed E-state index contributed by atoms with van der Waals surface area (Å²) in [6.07, 6.45) is 22.0. The number of piperidine rings is 1. The molecule has 103 heavy (non-hydrogen) atoms. The van der Waals surface area contributed by atoms with E-state index in [4.69, 9.17) is 61.3 Å². The Morgan fingerprint density at radius 2 is 0.942 bits per heavy atom. The highest BCUT2D eigenvalue weighted by Crippen LogP contribution is 2.51. The number of likely N-dealkylation sites (tertiary alicyclic amines) is 1. The Kier molecular flexibility index (Phi) is 25.9. The summed E-state index contributed by atoms with van der Waals surface area (Å²) in [6, 6.07) is 0. The third-order valence-corrected chi connectivity index (χ3v) is 29.3. The van der Waals surface area contributed by atoms with E-state index in [1.54, 1.807) is 14.0 Å². The number of thioether (sulfide) groups is 1. The zero-order valence-electron chi connectivity index (χ0n) is 62.4. The normalized spacial score (nSPS) is 33.8. The number of carbonyl (C=O) groups excluding carboxylic acids is 8. The first-order valence-corrected chi connectivity index (χ1v) is 41.1. The van der Waals surface area contributed by atoms with E-state index in [9.17, 15) is 43.5 Å². The predicted molar refractivity (Wildman–Crippen MR) is 385 cm³/mol. The molecular weight excluding hydrogens is 1360 g/mol. The molecule has 0 aromatic carbocycles. The zero-order chi connectivity index (χ0) is 75.2. The molecule has 9 atom stereocenters. The van der Waals surface area contributed by atoms with Crippen LogP contribution < -0.4 is 0 Å². The molecule has 0 radical (unpaired) electrons. The van der Waals surface area contributed by atoms with Gasteiger partial charge in [0.15, 0.2) is 19.7 Å². The topological polar surface area (TPSA) is 280 Å². The van der Waals surface area contributed by atoms with Crippen LogP contribution in [0.15, 0.2) is 85.1 Å². The first-order valence-electron chi connectivity index (χ1n) is 37.0. The number of rotatable bonds is 5. The Labute approximate surface area is 613 Å². The molecule has 4 saturated carbocycles. The van der Waals surface area contributed by atoms with E-state index in [0.717, 1.165) is 159 Å². The lowest BCUT2D eigenvalue weighted by Crippen LogP contribution is -2.53. The van der Waals surface area contributed by atoms with Gasteiger partial charge in [-0.25, -0.2) is 33.6 Å². The molecule has 0 aromatic heterocycles. The Morgan fingerprint density at radius 3 is 1.35 bits per heavy atom. The lowest BCUT2D eigenvalue weighted by atomic mass is 9.79. The molecule has 23 nitrogen and oxygen atoms in total. The second-order valence-electron chi connectivity index (χ2n) is 32.4. The molecule has 4 aliphatic carbocycles. The second-order valence-corrected chi connectivity index (χ2v) is 38.2. The summed E-state index contributed by atoms with van der Waals surface area (Å²) in [5.74, 6) is -1.08. The van der Waals surface area contributed by atoms with Crippen molar-refractivity contribution < 1.29 is 105 Å². The van der Waals surface area contributed by atoms with Gasteiger partial charge in [0, 0.05) is 136 Å². The van der Waals surface area contributed by atoms with Crippen molar-refractivity contribution in [2.24, 2.45) is 5.92 Å². The quantitative estimate of drug-likeness (QED) is 0.116. The van der Waals surface area contributed by atoms with E-state index in [1.807, 2.05) is 11.8 Å². The van der Waals surface area contributed by atoms with Crippen molar-refractivity contribution in [2.75, 3.05) is 71.8 Å². The van der Waals surface area contributed by atoms with Gasteiger partial charge in [-0.3, -0.25) is 4.79 Å². The molecule has 11 saturated heterocycles. The van der Waals surface area contributed by atoms with Crippen LogP contribution in [0.5, 0.6) is 0 Å². The lowest BCUT2D eigenvalue weighted by Gasteiger charge is -2.46. The van der Waals surface area contributed by atoms with Gasteiger partial charge in [0.2, 0.25) is 0 Å². The van der Waals surface area contributed by atoms with E-state index in [-0.39, 0.29) is 100 Å². The SMILES string of the molecule is C=C1CC2(CCC3(CC2)OCCO3)OC1=O.C=C1CC2(CCCCC2O)OC1=O.C=C1CC2(CCCCC2OC)OC1=O.C=C1CC2(CCCCC2O[Si](C)(C)C(C)(C)C)OC1=O.C=C1CC2(CCN(C)CC2)OC1=O.C=C1CC2(CCSC2)OC1=O.C=C1CC2(COCC2C(=O)OCC)OC1=O. The van der Waals surface area contributed by atoms with Gasteiger partial charge in [0.25, 0.3) is 0 Å². The molecule has 25 heteroatoms. The molecule has 15 aliphatic rings. The van der Waals surface area contributed by atoms with Gasteiger partial charge in [0.05, 0.1) is 51.3 Å². The molecule has 15 fully saturated rings. The number of hydrogen-bond acceptors (Lipinski definition) is 24. The molecule has 11 aliphatic heterocycles. The summed E-state index contributed by atoms with van der Waals surface area (Å²) in [7, 11) is 1.93. The number of nitrogens with zero attached hydrogens (tertiary/aromatic N) is 1. The fourth-order valence-corrected chi connectivity index (χ4v) is 19.1. The molecule has 15 rings (SSSR count).